The SMILES string of the molecule is C=CC(=O)OCC.CCN(C(F)(F)C(F)(F)C(F)(F)C(F)(F)C(F)(F)C(F)(F)C(F)(F)C(F)(F)F)S(=O)(=O)N(F)F. The van der Waals surface area contributed by atoms with Gasteiger partial charge in [-0.2, -0.15) is 83.1 Å². The maximum Gasteiger partial charge on any atom is 0.460 e. The Hall–Kier alpha value is -2.25. The van der Waals surface area contributed by atoms with Crippen LogP contribution in [0.4, 0.5) is 83.6 Å². The lowest BCUT2D eigenvalue weighted by atomic mass is 9.90. The molecule has 0 bridgehead atoms. The Balaban J connectivity index is 0. The van der Waals surface area contributed by atoms with Crippen molar-refractivity contribution in [2.24, 2.45) is 0 Å². The van der Waals surface area contributed by atoms with Gasteiger partial charge in [0.2, 0.25) is 0 Å². The van der Waals surface area contributed by atoms with E-state index in [-0.39, 0.29) is 12.9 Å². The number of ether oxygens (including phenoxy) is 1. The molecular formula is C15H13F19N2O4S. The maximum atomic E-state index is 13.7. The molecule has 0 aliphatic heterocycles. The minimum atomic E-state index is -8.96. The molecular weight excluding hydrogens is 665 g/mol. The lowest BCUT2D eigenvalue weighted by Crippen LogP contribution is -2.76. The molecule has 0 spiro atoms. The highest BCUT2D eigenvalue weighted by atomic mass is 32.2. The van der Waals surface area contributed by atoms with E-state index in [0.29, 0.717) is 6.61 Å². The summed E-state index contributed by atoms with van der Waals surface area (Å²) < 4.78 is 267. The van der Waals surface area contributed by atoms with Crippen LogP contribution in [0.1, 0.15) is 13.8 Å². The molecule has 0 unspecified atom stereocenters. The Bertz CT molecular complexity index is 1030. The van der Waals surface area contributed by atoms with Crippen LogP contribution in [0.3, 0.4) is 0 Å². The largest absolute Gasteiger partial charge is 0.463 e. The van der Waals surface area contributed by atoms with E-state index in [9.17, 15) is 96.8 Å². The summed E-state index contributed by atoms with van der Waals surface area (Å²) in [5.41, 5.74) is 0. The van der Waals surface area contributed by atoms with E-state index in [0.717, 1.165) is 6.08 Å². The lowest BCUT2D eigenvalue weighted by molar-refractivity contribution is -0.465. The van der Waals surface area contributed by atoms with Crippen LogP contribution < -0.4 is 0 Å². The molecule has 0 saturated heterocycles. The monoisotopic (exact) mass is 678 g/mol. The zero-order valence-corrected chi connectivity index (χ0v) is 20.1. The summed E-state index contributed by atoms with van der Waals surface area (Å²) in [7, 11) is -7.32. The number of nitrogens with zero attached hydrogens (tertiary/aromatic N) is 2. The average Bonchev–Trinajstić information content (AvgIpc) is 2.77. The summed E-state index contributed by atoms with van der Waals surface area (Å²) in [6.07, 6.45) is -6.79. The first-order chi connectivity index (χ1) is 17.7. The van der Waals surface area contributed by atoms with E-state index < -0.39 is 73.6 Å². The highest BCUT2D eigenvalue weighted by Gasteiger charge is 2.95. The summed E-state index contributed by atoms with van der Waals surface area (Å²) in [5, 5.41) is 0. The number of alkyl halides is 17. The third-order valence-corrected chi connectivity index (χ3v) is 5.61. The summed E-state index contributed by atoms with van der Waals surface area (Å²) in [6, 6.07) is -7.65. The highest BCUT2D eigenvalue weighted by Crippen LogP contribution is 2.64. The molecule has 26 heteroatoms. The van der Waals surface area contributed by atoms with Gasteiger partial charge in [0.05, 0.1) is 6.61 Å². The van der Waals surface area contributed by atoms with Crippen molar-refractivity contribution in [3.05, 3.63) is 12.7 Å². The van der Waals surface area contributed by atoms with Crippen molar-refractivity contribution in [3.63, 3.8) is 0 Å². The Labute approximate surface area is 215 Å². The van der Waals surface area contributed by atoms with Crippen molar-refractivity contribution in [1.82, 2.24) is 9.05 Å². The predicted molar refractivity (Wildman–Crippen MR) is 92.9 cm³/mol. The molecule has 0 radical (unpaired) electrons. The summed E-state index contributed by atoms with van der Waals surface area (Å²) in [5.74, 6) is -52.6. The average molecular weight is 678 g/mol. The van der Waals surface area contributed by atoms with Gasteiger partial charge in [-0.25, -0.2) is 4.79 Å². The molecule has 0 saturated carbocycles. The second-order valence-corrected chi connectivity index (χ2v) is 8.40. The number of esters is 1. The molecule has 0 aromatic rings. The van der Waals surface area contributed by atoms with Crippen molar-refractivity contribution in [2.45, 2.75) is 61.6 Å². The van der Waals surface area contributed by atoms with Gasteiger partial charge in [0.1, 0.15) is 0 Å². The first-order valence-corrected chi connectivity index (χ1v) is 10.7. The topological polar surface area (TPSA) is 66.9 Å². The minimum Gasteiger partial charge on any atom is -0.463 e. The molecule has 0 rings (SSSR count). The molecule has 246 valence electrons. The fraction of sp³-hybridized carbons (Fsp3) is 0.800. The molecule has 0 amide bonds. The van der Waals surface area contributed by atoms with Crippen LogP contribution >= 0.6 is 0 Å². The molecule has 0 aliphatic carbocycles. The summed E-state index contributed by atoms with van der Waals surface area (Å²) in [4.78, 5) is 10.1. The zero-order chi connectivity index (χ0) is 34.1. The molecule has 0 fully saturated rings. The Kier molecular flexibility index (Phi) is 12.1. The van der Waals surface area contributed by atoms with Gasteiger partial charge < -0.3 is 4.74 Å². The molecule has 0 aliphatic rings. The van der Waals surface area contributed by atoms with E-state index in [1.165, 1.54) is 0 Å². The molecule has 0 aromatic heterocycles. The summed E-state index contributed by atoms with van der Waals surface area (Å²) >= 11 is 0. The van der Waals surface area contributed by atoms with Gasteiger partial charge >= 0.3 is 63.9 Å². The van der Waals surface area contributed by atoms with E-state index in [1.807, 2.05) is 0 Å². The van der Waals surface area contributed by atoms with E-state index in [1.54, 1.807) is 6.92 Å². The normalized spacial score (nSPS) is 15.0. The van der Waals surface area contributed by atoms with Gasteiger partial charge in [0.25, 0.3) is 0 Å². The van der Waals surface area contributed by atoms with Gasteiger partial charge in [0.15, 0.2) is 4.75 Å². The van der Waals surface area contributed by atoms with Crippen LogP contribution in [-0.2, 0) is 19.7 Å². The fourth-order valence-corrected chi connectivity index (χ4v) is 2.97. The van der Waals surface area contributed by atoms with Gasteiger partial charge in [0, 0.05) is 12.6 Å². The van der Waals surface area contributed by atoms with Gasteiger partial charge in [-0.05, 0) is 6.92 Å². The Morgan fingerprint density at radius 1 is 0.683 bits per heavy atom. The van der Waals surface area contributed by atoms with Crippen LogP contribution in [0.2, 0.25) is 0 Å². The second kappa shape index (κ2) is 12.2. The molecule has 0 aromatic carbocycles. The Morgan fingerprint density at radius 3 is 1.22 bits per heavy atom. The zero-order valence-electron chi connectivity index (χ0n) is 19.3. The molecule has 0 atom stereocenters. The number of carbonyl (C=O) groups excluding carboxylic acids is 1. The predicted octanol–water partition coefficient (Wildman–Crippen LogP) is 6.33. The van der Waals surface area contributed by atoms with E-state index >= 15 is 0 Å². The number of hydrogen-bond donors (Lipinski definition) is 0. The van der Waals surface area contributed by atoms with Crippen molar-refractivity contribution < 1.29 is 102 Å². The van der Waals surface area contributed by atoms with E-state index in [2.05, 4.69) is 11.3 Å². The lowest BCUT2D eigenvalue weighted by Gasteiger charge is -2.44. The van der Waals surface area contributed by atoms with E-state index in [4.69, 9.17) is 0 Å². The minimum absolute atomic E-state index is 0.131. The number of carbonyl (C=O) groups is 1. The van der Waals surface area contributed by atoms with Crippen LogP contribution in [0.5, 0.6) is 0 Å². The van der Waals surface area contributed by atoms with Gasteiger partial charge in [-0.1, -0.05) is 22.5 Å². The van der Waals surface area contributed by atoms with Crippen LogP contribution in [0.15, 0.2) is 12.7 Å². The number of halogens is 19. The maximum absolute atomic E-state index is 13.7. The van der Waals surface area contributed by atoms with Gasteiger partial charge in [-0.3, -0.25) is 0 Å². The number of hydrogen-bond acceptors (Lipinski definition) is 4. The number of rotatable bonds is 12. The smallest absolute Gasteiger partial charge is 0.460 e. The third kappa shape index (κ3) is 6.56. The first kappa shape index (κ1) is 40.9. The van der Waals surface area contributed by atoms with Crippen molar-refractivity contribution in [1.29, 1.82) is 0 Å². The third-order valence-electron chi connectivity index (χ3n) is 4.21. The Morgan fingerprint density at radius 2 is 1.00 bits per heavy atom. The van der Waals surface area contributed by atoms with Crippen LogP contribution in [0.25, 0.3) is 0 Å². The standard InChI is InChI=1S/C10H5F19N2O2S.C5H8O2/c1-2-30(34(32,33)31(28)29)10(26,27)8(21,22)6(17,18)4(13,14)3(11,12)5(15,16)7(19,20)9(23,24)25;1-3-5(6)7-4-2/h2H2,1H3;3H,1,4H2,2H3. The molecule has 41 heavy (non-hydrogen) atoms. The molecule has 0 N–H and O–H groups in total. The van der Waals surface area contributed by atoms with Gasteiger partial charge in [-0.15, -0.1) is 4.31 Å². The first-order valence-electron chi connectivity index (χ1n) is 9.35. The highest BCUT2D eigenvalue weighted by molar-refractivity contribution is 7.86. The van der Waals surface area contributed by atoms with Crippen LogP contribution in [0, 0.1) is 0 Å². The molecule has 0 heterocycles. The van der Waals surface area contributed by atoms with Crippen molar-refractivity contribution in [2.75, 3.05) is 13.2 Å². The van der Waals surface area contributed by atoms with Crippen LogP contribution in [-0.4, -0.2) is 84.4 Å². The fourth-order valence-electron chi connectivity index (χ4n) is 2.09. The molecule has 6 nitrogen and oxygen atoms in total. The van der Waals surface area contributed by atoms with Crippen molar-refractivity contribution >= 4 is 16.2 Å². The summed E-state index contributed by atoms with van der Waals surface area (Å²) in [6.45, 7) is 2.78. The second-order valence-electron chi connectivity index (χ2n) is 6.79. The quantitative estimate of drug-likeness (QED) is 0.0797. The van der Waals surface area contributed by atoms with Crippen molar-refractivity contribution in [3.8, 4) is 0 Å².